The summed E-state index contributed by atoms with van der Waals surface area (Å²) in [7, 11) is -3.90. The lowest BCUT2D eigenvalue weighted by atomic mass is 10.2. The van der Waals surface area contributed by atoms with Crippen molar-refractivity contribution in [2.45, 2.75) is 31.6 Å². The summed E-state index contributed by atoms with van der Waals surface area (Å²) in [6, 6.07) is 11.9. The summed E-state index contributed by atoms with van der Waals surface area (Å²) in [5, 5.41) is 7.61. The molecule has 2 aromatic carbocycles. The summed E-state index contributed by atoms with van der Waals surface area (Å²) in [5.74, 6) is -0.379. The molecule has 0 bridgehead atoms. The fraction of sp³-hybridized carbons (Fsp3) is 0.300. The molecule has 0 aliphatic rings. The Morgan fingerprint density at radius 2 is 1.86 bits per heavy atom. The number of nitrogens with two attached hydrogens (primary N) is 1. The van der Waals surface area contributed by atoms with Gasteiger partial charge in [-0.2, -0.15) is 0 Å². The molecular weight excluding hydrogens is 396 g/mol. The minimum atomic E-state index is -3.90. The molecule has 0 atom stereocenters. The molecule has 0 aliphatic heterocycles. The van der Waals surface area contributed by atoms with E-state index in [-0.39, 0.29) is 17.0 Å². The predicted molar refractivity (Wildman–Crippen MR) is 108 cm³/mol. The number of hydrogen-bond acceptors (Lipinski definition) is 6. The van der Waals surface area contributed by atoms with Gasteiger partial charge in [0.15, 0.2) is 6.61 Å². The number of primary sulfonamides is 1. The van der Waals surface area contributed by atoms with Crippen molar-refractivity contribution >= 4 is 27.6 Å². The molecule has 0 saturated carbocycles. The molecule has 0 radical (unpaired) electrons. The van der Waals surface area contributed by atoms with Gasteiger partial charge in [0, 0.05) is 12.1 Å². The summed E-state index contributed by atoms with van der Waals surface area (Å²) in [5.41, 5.74) is 1.79. The maximum absolute atomic E-state index is 11.9. The van der Waals surface area contributed by atoms with Crippen LogP contribution >= 0.6 is 0 Å². The normalized spacial score (nSPS) is 11.0. The van der Waals surface area contributed by atoms with E-state index in [9.17, 15) is 18.0 Å². The van der Waals surface area contributed by atoms with Crippen molar-refractivity contribution in [3.8, 4) is 5.75 Å². The second-order valence-corrected chi connectivity index (χ2v) is 8.03. The Kier molecular flexibility index (Phi) is 7.74. The largest absolute Gasteiger partial charge is 0.494 e. The molecule has 0 unspecified atom stereocenters. The van der Waals surface area contributed by atoms with Gasteiger partial charge in [-0.15, -0.1) is 0 Å². The average Bonchev–Trinajstić information content (AvgIpc) is 2.64. The topological polar surface area (TPSA) is 125 Å². The second kappa shape index (κ2) is 10.0. The fourth-order valence-electron chi connectivity index (χ4n) is 2.51. The van der Waals surface area contributed by atoms with E-state index in [0.717, 1.165) is 11.3 Å². The second-order valence-electron chi connectivity index (χ2n) is 6.50. The number of sulfonamides is 1. The molecule has 3 N–H and O–H groups in total. The number of nitrogens with one attached hydrogen (secondary N) is 1. The molecule has 8 nitrogen and oxygen atoms in total. The van der Waals surface area contributed by atoms with Crippen molar-refractivity contribution in [2.24, 2.45) is 5.14 Å². The zero-order chi connectivity index (χ0) is 21.4. The van der Waals surface area contributed by atoms with Gasteiger partial charge in [-0.1, -0.05) is 18.2 Å². The summed E-state index contributed by atoms with van der Waals surface area (Å²) in [4.78, 5) is 23.6. The van der Waals surface area contributed by atoms with Crippen molar-refractivity contribution in [1.82, 2.24) is 0 Å². The molecule has 0 aliphatic carbocycles. The predicted octanol–water partition coefficient (Wildman–Crippen LogP) is 2.29. The van der Waals surface area contributed by atoms with Crippen LogP contribution in [0.5, 0.6) is 5.75 Å². The van der Waals surface area contributed by atoms with Crippen molar-refractivity contribution in [3.63, 3.8) is 0 Å². The highest BCUT2D eigenvalue weighted by Gasteiger charge is 2.14. The van der Waals surface area contributed by atoms with Gasteiger partial charge in [0.1, 0.15) is 5.75 Å². The van der Waals surface area contributed by atoms with E-state index in [0.29, 0.717) is 18.6 Å². The number of carbonyl (C=O) groups is 2. The van der Waals surface area contributed by atoms with E-state index in [1.165, 1.54) is 18.2 Å². The van der Waals surface area contributed by atoms with Crippen LogP contribution in [0.25, 0.3) is 0 Å². The maximum atomic E-state index is 11.9. The minimum Gasteiger partial charge on any atom is -0.494 e. The first-order chi connectivity index (χ1) is 13.6. The van der Waals surface area contributed by atoms with Gasteiger partial charge in [-0.3, -0.25) is 9.59 Å². The molecule has 2 rings (SSSR count). The fourth-order valence-corrected chi connectivity index (χ4v) is 3.32. The van der Waals surface area contributed by atoms with Gasteiger partial charge in [0.2, 0.25) is 10.0 Å². The zero-order valence-corrected chi connectivity index (χ0v) is 17.1. The highest BCUT2D eigenvalue weighted by atomic mass is 32.2. The lowest BCUT2D eigenvalue weighted by Crippen LogP contribution is -2.21. The quantitative estimate of drug-likeness (QED) is 0.474. The van der Waals surface area contributed by atoms with Gasteiger partial charge < -0.3 is 14.8 Å². The molecule has 2 aromatic rings. The van der Waals surface area contributed by atoms with Crippen LogP contribution in [-0.4, -0.2) is 33.5 Å². The average molecular weight is 420 g/mol. The number of aryl methyl sites for hydroxylation is 2. The Labute approximate surface area is 170 Å². The highest BCUT2D eigenvalue weighted by Crippen LogP contribution is 2.19. The Bertz CT molecular complexity index is 988. The molecule has 0 fully saturated rings. The maximum Gasteiger partial charge on any atom is 0.306 e. The minimum absolute atomic E-state index is 0.0825. The van der Waals surface area contributed by atoms with Crippen LogP contribution < -0.4 is 15.2 Å². The lowest BCUT2D eigenvalue weighted by molar-refractivity contribution is -0.147. The molecule has 0 aromatic heterocycles. The summed E-state index contributed by atoms with van der Waals surface area (Å²) in [6.45, 7) is 3.43. The SMILES string of the molecule is Cc1cccc(OCCCC(=O)OCC(=O)Nc2ccc(C)c(S(N)(=O)=O)c2)c1. The first-order valence-corrected chi connectivity index (χ1v) is 10.5. The number of ether oxygens (including phenoxy) is 2. The van der Waals surface area contributed by atoms with E-state index in [1.54, 1.807) is 6.92 Å². The monoisotopic (exact) mass is 420 g/mol. The molecule has 29 heavy (non-hydrogen) atoms. The van der Waals surface area contributed by atoms with E-state index >= 15 is 0 Å². The Hall–Kier alpha value is -2.91. The number of esters is 1. The third-order valence-corrected chi connectivity index (χ3v) is 4.98. The number of amides is 1. The van der Waals surface area contributed by atoms with Crippen molar-refractivity contribution < 1.29 is 27.5 Å². The molecular formula is C20H24N2O6S. The van der Waals surface area contributed by atoms with Gasteiger partial charge in [0.25, 0.3) is 5.91 Å². The number of anilines is 1. The van der Waals surface area contributed by atoms with Crippen LogP contribution in [0.2, 0.25) is 0 Å². The first kappa shape index (κ1) is 22.4. The van der Waals surface area contributed by atoms with Crippen molar-refractivity contribution in [3.05, 3.63) is 53.6 Å². The van der Waals surface area contributed by atoms with Crippen molar-refractivity contribution in [1.29, 1.82) is 0 Å². The Balaban J connectivity index is 1.73. The van der Waals surface area contributed by atoms with E-state index in [2.05, 4.69) is 5.32 Å². The molecule has 156 valence electrons. The zero-order valence-electron chi connectivity index (χ0n) is 16.3. The molecule has 9 heteroatoms. The first-order valence-electron chi connectivity index (χ1n) is 8.93. The van der Waals surface area contributed by atoms with Crippen LogP contribution in [0.1, 0.15) is 24.0 Å². The molecule has 0 spiro atoms. The third-order valence-electron chi connectivity index (χ3n) is 3.93. The van der Waals surface area contributed by atoms with Crippen LogP contribution in [0.15, 0.2) is 47.4 Å². The lowest BCUT2D eigenvalue weighted by Gasteiger charge is -2.10. The van der Waals surface area contributed by atoms with Gasteiger partial charge in [-0.05, 0) is 55.7 Å². The van der Waals surface area contributed by atoms with Crippen LogP contribution in [-0.2, 0) is 24.3 Å². The number of benzene rings is 2. The van der Waals surface area contributed by atoms with Gasteiger partial charge in [0.05, 0.1) is 11.5 Å². The van der Waals surface area contributed by atoms with Crippen LogP contribution in [0.4, 0.5) is 5.69 Å². The molecule has 0 saturated heterocycles. The molecule has 1 amide bonds. The Morgan fingerprint density at radius 1 is 1.10 bits per heavy atom. The number of carbonyl (C=O) groups excluding carboxylic acids is 2. The standard InChI is InChI=1S/C20H24N2O6S/c1-14-5-3-6-17(11-14)27-10-4-7-20(24)28-13-19(23)22-16-9-8-15(2)18(12-16)29(21,25)26/h3,5-6,8-9,11-12H,4,7,10,13H2,1-2H3,(H,22,23)(H2,21,25,26). The summed E-state index contributed by atoms with van der Waals surface area (Å²) >= 11 is 0. The highest BCUT2D eigenvalue weighted by molar-refractivity contribution is 7.89. The van der Waals surface area contributed by atoms with Gasteiger partial charge in [-0.25, -0.2) is 13.6 Å². The number of rotatable bonds is 9. The van der Waals surface area contributed by atoms with E-state index < -0.39 is 28.5 Å². The van der Waals surface area contributed by atoms with Crippen LogP contribution in [0.3, 0.4) is 0 Å². The Morgan fingerprint density at radius 3 is 2.55 bits per heavy atom. The third kappa shape index (κ3) is 7.55. The van der Waals surface area contributed by atoms with Crippen molar-refractivity contribution in [2.75, 3.05) is 18.5 Å². The van der Waals surface area contributed by atoms with E-state index in [1.807, 2.05) is 31.2 Å². The molecule has 0 heterocycles. The van der Waals surface area contributed by atoms with E-state index in [4.69, 9.17) is 14.6 Å². The van der Waals surface area contributed by atoms with Gasteiger partial charge >= 0.3 is 5.97 Å². The smallest absolute Gasteiger partial charge is 0.306 e. The summed E-state index contributed by atoms with van der Waals surface area (Å²) in [6.07, 6.45) is 0.559. The number of hydrogen-bond donors (Lipinski definition) is 2. The summed E-state index contributed by atoms with van der Waals surface area (Å²) < 4.78 is 33.5. The van der Waals surface area contributed by atoms with Crippen LogP contribution in [0, 0.1) is 13.8 Å².